The average molecular weight is 437 g/mol. The first kappa shape index (κ1) is 25.3. The van der Waals surface area contributed by atoms with Gasteiger partial charge in [0, 0.05) is 17.2 Å². The van der Waals surface area contributed by atoms with Gasteiger partial charge >= 0.3 is 0 Å². The highest BCUT2D eigenvalue weighted by atomic mass is 16.5. The van der Waals surface area contributed by atoms with Crippen molar-refractivity contribution in [1.29, 1.82) is 0 Å². The van der Waals surface area contributed by atoms with E-state index in [0.29, 0.717) is 31.8 Å². The van der Waals surface area contributed by atoms with Gasteiger partial charge in [-0.2, -0.15) is 0 Å². The van der Waals surface area contributed by atoms with Crippen LogP contribution in [0.1, 0.15) is 67.9 Å². The Labute approximate surface area is 192 Å². The van der Waals surface area contributed by atoms with E-state index in [4.69, 9.17) is 14.2 Å². The van der Waals surface area contributed by atoms with E-state index in [-0.39, 0.29) is 5.78 Å². The maximum atomic E-state index is 12.7. The van der Waals surface area contributed by atoms with Crippen LogP contribution in [0.25, 0.3) is 6.08 Å². The molecule has 0 atom stereocenters. The first-order valence-corrected chi connectivity index (χ1v) is 11.6. The van der Waals surface area contributed by atoms with Gasteiger partial charge in [0.25, 0.3) is 0 Å². The van der Waals surface area contributed by atoms with Crippen molar-refractivity contribution in [1.82, 2.24) is 0 Å². The lowest BCUT2D eigenvalue weighted by Crippen LogP contribution is -2.04. The van der Waals surface area contributed by atoms with Crippen molar-refractivity contribution in [3.05, 3.63) is 71.8 Å². The third-order valence-electron chi connectivity index (χ3n) is 4.95. The molecular formula is C28H36O4. The Morgan fingerprint density at radius 1 is 0.906 bits per heavy atom. The number of benzene rings is 2. The summed E-state index contributed by atoms with van der Waals surface area (Å²) < 4.78 is 17.5. The van der Waals surface area contributed by atoms with Crippen LogP contribution in [-0.2, 0) is 6.42 Å². The molecule has 0 heterocycles. The molecule has 0 aliphatic rings. The number of ether oxygens (including phenoxy) is 3. The Bertz CT molecular complexity index is 881. The molecule has 0 spiro atoms. The largest absolute Gasteiger partial charge is 0.494 e. The van der Waals surface area contributed by atoms with Crippen LogP contribution in [0.4, 0.5) is 0 Å². The summed E-state index contributed by atoms with van der Waals surface area (Å²) >= 11 is 0. The van der Waals surface area contributed by atoms with Crippen LogP contribution < -0.4 is 14.2 Å². The van der Waals surface area contributed by atoms with Gasteiger partial charge in [-0.1, -0.05) is 38.8 Å². The summed E-state index contributed by atoms with van der Waals surface area (Å²) in [6.45, 7) is 12.0. The number of hydrogen-bond acceptors (Lipinski definition) is 4. The molecule has 0 aliphatic heterocycles. The number of allylic oxidation sites excluding steroid dienone is 2. The summed E-state index contributed by atoms with van der Waals surface area (Å²) in [5, 5.41) is 0. The molecule has 0 aliphatic carbocycles. The SMILES string of the molecule is C=CCc1c(C=CC(=O)c2ccc(OCC)cc2)cc(OCCCC)cc1OCCCC. The van der Waals surface area contributed by atoms with E-state index in [9.17, 15) is 4.79 Å². The maximum Gasteiger partial charge on any atom is 0.185 e. The maximum absolute atomic E-state index is 12.7. The van der Waals surface area contributed by atoms with Crippen molar-refractivity contribution in [2.75, 3.05) is 19.8 Å². The third-order valence-corrected chi connectivity index (χ3v) is 4.95. The molecule has 0 radical (unpaired) electrons. The summed E-state index contributed by atoms with van der Waals surface area (Å²) in [4.78, 5) is 12.7. The van der Waals surface area contributed by atoms with Crippen molar-refractivity contribution in [2.45, 2.75) is 52.9 Å². The second-order valence-corrected chi connectivity index (χ2v) is 7.54. The van der Waals surface area contributed by atoms with Crippen molar-refractivity contribution in [2.24, 2.45) is 0 Å². The van der Waals surface area contributed by atoms with E-state index in [2.05, 4.69) is 20.4 Å². The van der Waals surface area contributed by atoms with Crippen LogP contribution in [0.3, 0.4) is 0 Å². The fraction of sp³-hybridized carbons (Fsp3) is 0.393. The van der Waals surface area contributed by atoms with Crippen molar-refractivity contribution >= 4 is 11.9 Å². The number of hydrogen-bond donors (Lipinski definition) is 0. The Kier molecular flexibility index (Phi) is 11.1. The lowest BCUT2D eigenvalue weighted by molar-refractivity contribution is 0.104. The molecule has 0 N–H and O–H groups in total. The molecule has 0 aromatic heterocycles. The van der Waals surface area contributed by atoms with Crippen LogP contribution in [0.15, 0.2) is 55.1 Å². The summed E-state index contributed by atoms with van der Waals surface area (Å²) in [7, 11) is 0. The van der Waals surface area contributed by atoms with Crippen LogP contribution in [0.5, 0.6) is 17.2 Å². The highest BCUT2D eigenvalue weighted by Gasteiger charge is 2.12. The number of unbranched alkanes of at least 4 members (excludes halogenated alkanes) is 2. The van der Waals surface area contributed by atoms with Crippen LogP contribution in [0, 0.1) is 0 Å². The molecule has 0 fully saturated rings. The van der Waals surface area contributed by atoms with Crippen molar-refractivity contribution in [3.63, 3.8) is 0 Å². The number of rotatable bonds is 15. The summed E-state index contributed by atoms with van der Waals surface area (Å²) in [6.07, 6.45) is 10.0. The average Bonchev–Trinajstić information content (AvgIpc) is 2.80. The molecule has 0 saturated heterocycles. The molecule has 0 unspecified atom stereocenters. The topological polar surface area (TPSA) is 44.8 Å². The minimum atomic E-state index is -0.0663. The minimum Gasteiger partial charge on any atom is -0.494 e. The van der Waals surface area contributed by atoms with Crippen LogP contribution in [-0.4, -0.2) is 25.6 Å². The van der Waals surface area contributed by atoms with E-state index in [0.717, 1.165) is 54.1 Å². The molecule has 32 heavy (non-hydrogen) atoms. The standard InChI is InChI=1S/C28H36O4/c1-5-9-18-31-25-20-23(26(11-7-3)28(21-25)32-19-10-6-2)14-17-27(29)22-12-15-24(16-13-22)30-8-4/h7,12-17,20-21H,3,5-6,8-11,18-19H2,1-2,4H3. The van der Waals surface area contributed by atoms with E-state index >= 15 is 0 Å². The van der Waals surface area contributed by atoms with E-state index in [1.165, 1.54) is 0 Å². The van der Waals surface area contributed by atoms with Crippen molar-refractivity contribution < 1.29 is 19.0 Å². The number of carbonyl (C=O) groups is 1. The Morgan fingerprint density at radius 3 is 2.22 bits per heavy atom. The van der Waals surface area contributed by atoms with Gasteiger partial charge in [0.2, 0.25) is 0 Å². The van der Waals surface area contributed by atoms with Crippen LogP contribution in [0.2, 0.25) is 0 Å². The van der Waals surface area contributed by atoms with Gasteiger partial charge in [-0.3, -0.25) is 4.79 Å². The molecule has 4 nitrogen and oxygen atoms in total. The van der Waals surface area contributed by atoms with E-state index in [1.54, 1.807) is 18.2 Å². The fourth-order valence-corrected chi connectivity index (χ4v) is 3.17. The lowest BCUT2D eigenvalue weighted by atomic mass is 10.0. The van der Waals surface area contributed by atoms with Gasteiger partial charge < -0.3 is 14.2 Å². The highest BCUT2D eigenvalue weighted by molar-refractivity contribution is 6.07. The van der Waals surface area contributed by atoms with Gasteiger partial charge in [0.05, 0.1) is 19.8 Å². The monoisotopic (exact) mass is 436 g/mol. The highest BCUT2D eigenvalue weighted by Crippen LogP contribution is 2.31. The second-order valence-electron chi connectivity index (χ2n) is 7.54. The molecule has 172 valence electrons. The minimum absolute atomic E-state index is 0.0663. The molecule has 0 amide bonds. The molecule has 2 aromatic rings. The molecule has 0 bridgehead atoms. The van der Waals surface area contributed by atoms with Gasteiger partial charge in [-0.15, -0.1) is 6.58 Å². The summed E-state index contributed by atoms with van der Waals surface area (Å²) in [5.74, 6) is 2.24. The zero-order chi connectivity index (χ0) is 23.2. The summed E-state index contributed by atoms with van der Waals surface area (Å²) in [6, 6.07) is 11.1. The Morgan fingerprint density at radius 2 is 1.59 bits per heavy atom. The smallest absolute Gasteiger partial charge is 0.185 e. The first-order valence-electron chi connectivity index (χ1n) is 11.6. The normalized spacial score (nSPS) is 10.8. The van der Waals surface area contributed by atoms with Gasteiger partial charge in [-0.25, -0.2) is 0 Å². The summed E-state index contributed by atoms with van der Waals surface area (Å²) in [5.41, 5.74) is 2.53. The van der Waals surface area contributed by atoms with E-state index < -0.39 is 0 Å². The predicted octanol–water partition coefficient (Wildman–Crippen LogP) is 7.07. The Hall–Kier alpha value is -3.01. The quantitative estimate of drug-likeness (QED) is 0.130. The van der Waals surface area contributed by atoms with Crippen molar-refractivity contribution in [3.8, 4) is 17.2 Å². The molecule has 2 rings (SSSR count). The second kappa shape index (κ2) is 14.1. The predicted molar refractivity (Wildman–Crippen MR) is 132 cm³/mol. The number of carbonyl (C=O) groups excluding carboxylic acids is 1. The first-order chi connectivity index (χ1) is 15.6. The molecule has 0 saturated carbocycles. The van der Waals surface area contributed by atoms with E-state index in [1.807, 2.05) is 43.3 Å². The van der Waals surface area contributed by atoms with Crippen LogP contribution >= 0.6 is 0 Å². The molecular weight excluding hydrogens is 400 g/mol. The lowest BCUT2D eigenvalue weighted by Gasteiger charge is -2.16. The number of ketones is 1. The molecule has 2 aromatic carbocycles. The third kappa shape index (κ3) is 7.92. The fourth-order valence-electron chi connectivity index (χ4n) is 3.17. The Balaban J connectivity index is 2.32. The molecule has 4 heteroatoms. The van der Waals surface area contributed by atoms with Gasteiger partial charge in [0.15, 0.2) is 5.78 Å². The zero-order valence-electron chi connectivity index (χ0n) is 19.7. The van der Waals surface area contributed by atoms with Gasteiger partial charge in [0.1, 0.15) is 17.2 Å². The van der Waals surface area contributed by atoms with Gasteiger partial charge in [-0.05, 0) is 68.2 Å². The zero-order valence-corrected chi connectivity index (χ0v) is 19.7.